The van der Waals surface area contributed by atoms with Crippen molar-refractivity contribution in [3.05, 3.63) is 28.8 Å². The number of aliphatic carboxylic acids is 1. The molecule has 2 rings (SSSR count). The standard InChI is InChI=1S/C13H16ClNO3/c1-9(13(16)17)10-2-3-12(11(14)8-10)15-4-6-18-7-5-15/h2-3,8-9H,4-7H2,1H3,(H,16,17). The van der Waals surface area contributed by atoms with Crippen molar-refractivity contribution in [1.82, 2.24) is 0 Å². The average molecular weight is 270 g/mol. The zero-order chi connectivity index (χ0) is 13.1. The van der Waals surface area contributed by atoms with Gasteiger partial charge in [0, 0.05) is 13.1 Å². The summed E-state index contributed by atoms with van der Waals surface area (Å²) in [4.78, 5) is 13.1. The number of halogens is 1. The van der Waals surface area contributed by atoms with Crippen molar-refractivity contribution in [3.63, 3.8) is 0 Å². The SMILES string of the molecule is CC(C(=O)O)c1ccc(N2CCOCC2)c(Cl)c1. The number of carbonyl (C=O) groups is 1. The minimum Gasteiger partial charge on any atom is -0.481 e. The number of anilines is 1. The summed E-state index contributed by atoms with van der Waals surface area (Å²) in [5.41, 5.74) is 1.67. The van der Waals surface area contributed by atoms with Gasteiger partial charge in [0.1, 0.15) is 0 Å². The summed E-state index contributed by atoms with van der Waals surface area (Å²) in [5, 5.41) is 9.57. The second-order valence-electron chi connectivity index (χ2n) is 4.37. The smallest absolute Gasteiger partial charge is 0.310 e. The van der Waals surface area contributed by atoms with Crippen molar-refractivity contribution in [3.8, 4) is 0 Å². The Labute approximate surface area is 111 Å². The van der Waals surface area contributed by atoms with Crippen LogP contribution in [0, 0.1) is 0 Å². The lowest BCUT2D eigenvalue weighted by atomic mass is 10.0. The zero-order valence-corrected chi connectivity index (χ0v) is 11.0. The largest absolute Gasteiger partial charge is 0.481 e. The van der Waals surface area contributed by atoms with Crippen LogP contribution in [0.4, 0.5) is 5.69 Å². The third-order valence-electron chi connectivity index (χ3n) is 3.19. The van der Waals surface area contributed by atoms with Gasteiger partial charge in [0.15, 0.2) is 0 Å². The summed E-state index contributed by atoms with van der Waals surface area (Å²) in [6.07, 6.45) is 0. The first kappa shape index (κ1) is 13.2. The molecule has 1 saturated heterocycles. The van der Waals surface area contributed by atoms with Crippen LogP contribution in [0.5, 0.6) is 0 Å². The van der Waals surface area contributed by atoms with E-state index in [0.29, 0.717) is 18.2 Å². The fraction of sp³-hybridized carbons (Fsp3) is 0.462. The summed E-state index contributed by atoms with van der Waals surface area (Å²) < 4.78 is 5.29. The highest BCUT2D eigenvalue weighted by Gasteiger charge is 2.18. The van der Waals surface area contributed by atoms with Crippen LogP contribution >= 0.6 is 11.6 Å². The Bertz CT molecular complexity index is 444. The van der Waals surface area contributed by atoms with Crippen LogP contribution in [-0.4, -0.2) is 37.4 Å². The number of carboxylic acids is 1. The molecule has 0 aliphatic carbocycles. The third-order valence-corrected chi connectivity index (χ3v) is 3.50. The highest BCUT2D eigenvalue weighted by Crippen LogP contribution is 2.30. The summed E-state index contributed by atoms with van der Waals surface area (Å²) in [5.74, 6) is -1.38. The van der Waals surface area contributed by atoms with Crippen LogP contribution in [0.2, 0.25) is 5.02 Å². The Balaban J connectivity index is 2.21. The van der Waals surface area contributed by atoms with E-state index in [0.717, 1.165) is 24.3 Å². The Kier molecular flexibility index (Phi) is 4.09. The lowest BCUT2D eigenvalue weighted by molar-refractivity contribution is -0.138. The monoisotopic (exact) mass is 269 g/mol. The van der Waals surface area contributed by atoms with Gasteiger partial charge in [-0.3, -0.25) is 4.79 Å². The molecule has 0 amide bonds. The van der Waals surface area contributed by atoms with E-state index in [2.05, 4.69) is 4.90 Å². The molecule has 1 aliphatic heterocycles. The van der Waals surface area contributed by atoms with Crippen molar-refractivity contribution in [2.45, 2.75) is 12.8 Å². The van der Waals surface area contributed by atoms with E-state index in [1.54, 1.807) is 13.0 Å². The van der Waals surface area contributed by atoms with Crippen molar-refractivity contribution in [2.75, 3.05) is 31.2 Å². The average Bonchev–Trinajstić information content (AvgIpc) is 2.38. The topological polar surface area (TPSA) is 49.8 Å². The van der Waals surface area contributed by atoms with Gasteiger partial charge in [0.05, 0.1) is 29.8 Å². The molecule has 1 fully saturated rings. The molecular formula is C13H16ClNO3. The number of hydrogen-bond donors (Lipinski definition) is 1. The molecule has 1 aromatic carbocycles. The first-order valence-electron chi connectivity index (χ1n) is 5.94. The van der Waals surface area contributed by atoms with Crippen LogP contribution in [-0.2, 0) is 9.53 Å². The Hall–Kier alpha value is -1.26. The van der Waals surface area contributed by atoms with Crippen molar-refractivity contribution < 1.29 is 14.6 Å². The van der Waals surface area contributed by atoms with E-state index in [4.69, 9.17) is 21.4 Å². The van der Waals surface area contributed by atoms with Gasteiger partial charge in [-0.15, -0.1) is 0 Å². The number of rotatable bonds is 3. The quantitative estimate of drug-likeness (QED) is 0.915. The predicted molar refractivity (Wildman–Crippen MR) is 70.5 cm³/mol. The van der Waals surface area contributed by atoms with E-state index >= 15 is 0 Å². The van der Waals surface area contributed by atoms with E-state index in [1.165, 1.54) is 0 Å². The molecule has 18 heavy (non-hydrogen) atoms. The number of benzene rings is 1. The molecule has 4 nitrogen and oxygen atoms in total. The summed E-state index contributed by atoms with van der Waals surface area (Å²) in [6, 6.07) is 5.46. The van der Waals surface area contributed by atoms with Crippen LogP contribution < -0.4 is 4.90 Å². The molecule has 1 atom stereocenters. The minimum absolute atomic E-state index is 0.541. The first-order chi connectivity index (χ1) is 8.59. The number of ether oxygens (including phenoxy) is 1. The number of hydrogen-bond acceptors (Lipinski definition) is 3. The fourth-order valence-corrected chi connectivity index (χ4v) is 2.30. The van der Waals surface area contributed by atoms with Crippen molar-refractivity contribution >= 4 is 23.3 Å². The number of nitrogens with zero attached hydrogens (tertiary/aromatic N) is 1. The Morgan fingerprint density at radius 1 is 1.44 bits per heavy atom. The summed E-state index contributed by atoms with van der Waals surface area (Å²) in [7, 11) is 0. The van der Waals surface area contributed by atoms with E-state index in [-0.39, 0.29) is 0 Å². The van der Waals surface area contributed by atoms with Gasteiger partial charge < -0.3 is 14.7 Å². The lowest BCUT2D eigenvalue weighted by Crippen LogP contribution is -2.36. The maximum atomic E-state index is 10.9. The Morgan fingerprint density at radius 3 is 2.67 bits per heavy atom. The second-order valence-corrected chi connectivity index (χ2v) is 4.78. The van der Waals surface area contributed by atoms with E-state index in [9.17, 15) is 4.79 Å². The summed E-state index contributed by atoms with van der Waals surface area (Å²) in [6.45, 7) is 4.68. The maximum Gasteiger partial charge on any atom is 0.310 e. The normalized spacial score (nSPS) is 17.6. The van der Waals surface area contributed by atoms with Crippen LogP contribution in [0.25, 0.3) is 0 Å². The molecule has 0 spiro atoms. The maximum absolute atomic E-state index is 10.9. The minimum atomic E-state index is -0.842. The molecule has 0 radical (unpaired) electrons. The number of carboxylic acid groups (broad SMARTS) is 1. The van der Waals surface area contributed by atoms with E-state index in [1.807, 2.05) is 12.1 Å². The molecule has 1 heterocycles. The Morgan fingerprint density at radius 2 is 2.11 bits per heavy atom. The van der Waals surface area contributed by atoms with E-state index < -0.39 is 11.9 Å². The molecule has 1 aliphatic rings. The molecule has 98 valence electrons. The molecule has 1 unspecified atom stereocenters. The highest BCUT2D eigenvalue weighted by molar-refractivity contribution is 6.33. The lowest BCUT2D eigenvalue weighted by Gasteiger charge is -2.29. The van der Waals surface area contributed by atoms with Gasteiger partial charge in [-0.25, -0.2) is 0 Å². The van der Waals surface area contributed by atoms with Gasteiger partial charge in [0.2, 0.25) is 0 Å². The molecule has 0 aromatic heterocycles. The molecule has 1 aromatic rings. The number of morpholine rings is 1. The molecule has 5 heteroatoms. The van der Waals surface area contributed by atoms with Gasteiger partial charge in [0.25, 0.3) is 0 Å². The van der Waals surface area contributed by atoms with Crippen molar-refractivity contribution in [2.24, 2.45) is 0 Å². The zero-order valence-electron chi connectivity index (χ0n) is 10.2. The van der Waals surface area contributed by atoms with Gasteiger partial charge in [-0.1, -0.05) is 17.7 Å². The molecule has 1 N–H and O–H groups in total. The van der Waals surface area contributed by atoms with Crippen LogP contribution in [0.15, 0.2) is 18.2 Å². The third kappa shape index (κ3) is 2.76. The first-order valence-corrected chi connectivity index (χ1v) is 6.32. The molecule has 0 saturated carbocycles. The predicted octanol–water partition coefficient (Wildman–Crippen LogP) is 2.36. The van der Waals surface area contributed by atoms with Gasteiger partial charge in [-0.2, -0.15) is 0 Å². The van der Waals surface area contributed by atoms with Crippen LogP contribution in [0.3, 0.4) is 0 Å². The summed E-state index contributed by atoms with van der Waals surface area (Å²) >= 11 is 6.24. The highest BCUT2D eigenvalue weighted by atomic mass is 35.5. The van der Waals surface area contributed by atoms with Crippen LogP contribution in [0.1, 0.15) is 18.4 Å². The molecule has 0 bridgehead atoms. The van der Waals surface area contributed by atoms with Gasteiger partial charge in [-0.05, 0) is 24.6 Å². The van der Waals surface area contributed by atoms with Gasteiger partial charge >= 0.3 is 5.97 Å². The fourth-order valence-electron chi connectivity index (χ4n) is 2.00. The molecular weight excluding hydrogens is 254 g/mol. The van der Waals surface area contributed by atoms with Crippen molar-refractivity contribution in [1.29, 1.82) is 0 Å². The second kappa shape index (κ2) is 5.59.